The van der Waals surface area contributed by atoms with Crippen LogP contribution in [0.2, 0.25) is 0 Å². The van der Waals surface area contributed by atoms with Gasteiger partial charge in [0, 0.05) is 12.1 Å². The van der Waals surface area contributed by atoms with Crippen molar-refractivity contribution in [3.8, 4) is 11.1 Å². The highest BCUT2D eigenvalue weighted by Crippen LogP contribution is 2.34. The number of carbonyl (C=O) groups excluding carboxylic acids is 1. The molecule has 1 atom stereocenters. The number of nitrogen functional groups attached to an aromatic ring is 1. The average molecular weight is 325 g/mol. The van der Waals surface area contributed by atoms with Crippen LogP contribution in [0.1, 0.15) is 30.9 Å². The smallest absolute Gasteiger partial charge is 0.308 e. The quantitative estimate of drug-likeness (QED) is 0.669. The van der Waals surface area contributed by atoms with Gasteiger partial charge in [-0.1, -0.05) is 30.3 Å². The maximum absolute atomic E-state index is 11.7. The number of benzene rings is 2. The number of aliphatic hydroxyl groups is 1. The summed E-state index contributed by atoms with van der Waals surface area (Å²) >= 11 is 0. The molecular formula is C20H23NO3. The third kappa shape index (κ3) is 3.60. The van der Waals surface area contributed by atoms with Gasteiger partial charge in [-0.05, 0) is 54.2 Å². The highest BCUT2D eigenvalue weighted by Gasteiger charge is 2.34. The van der Waals surface area contributed by atoms with E-state index in [-0.39, 0.29) is 12.4 Å². The Morgan fingerprint density at radius 1 is 1.17 bits per heavy atom. The van der Waals surface area contributed by atoms with Gasteiger partial charge in [-0.2, -0.15) is 0 Å². The van der Waals surface area contributed by atoms with E-state index in [0.29, 0.717) is 19.4 Å². The lowest BCUT2D eigenvalue weighted by Crippen LogP contribution is -2.38. The molecule has 2 aromatic carbocycles. The molecule has 1 aliphatic carbocycles. The normalized spacial score (nSPS) is 19.6. The minimum atomic E-state index is -0.998. The van der Waals surface area contributed by atoms with Crippen LogP contribution in [0, 0.1) is 0 Å². The highest BCUT2D eigenvalue weighted by atomic mass is 16.5. The SMILES string of the molecule is CCOC(=O)CC1(O)CCc2cc(-c3ccc(N)cc3)ccc2C1. The minimum Gasteiger partial charge on any atom is -0.466 e. The van der Waals surface area contributed by atoms with E-state index in [4.69, 9.17) is 10.5 Å². The first-order valence-corrected chi connectivity index (χ1v) is 8.35. The maximum Gasteiger partial charge on any atom is 0.308 e. The number of rotatable bonds is 4. The van der Waals surface area contributed by atoms with Crippen LogP contribution < -0.4 is 5.73 Å². The zero-order valence-electron chi connectivity index (χ0n) is 13.9. The number of ether oxygens (including phenoxy) is 1. The van der Waals surface area contributed by atoms with Gasteiger partial charge in [0.2, 0.25) is 0 Å². The Morgan fingerprint density at radius 3 is 2.58 bits per heavy atom. The molecule has 0 fully saturated rings. The molecule has 0 aromatic heterocycles. The van der Waals surface area contributed by atoms with E-state index in [0.717, 1.165) is 28.8 Å². The predicted octanol–water partition coefficient (Wildman–Crippen LogP) is 3.11. The fourth-order valence-corrected chi connectivity index (χ4v) is 3.33. The highest BCUT2D eigenvalue weighted by molar-refractivity contribution is 5.71. The van der Waals surface area contributed by atoms with Crippen molar-refractivity contribution in [3.05, 3.63) is 53.6 Å². The van der Waals surface area contributed by atoms with Gasteiger partial charge in [0.1, 0.15) is 0 Å². The van der Waals surface area contributed by atoms with E-state index in [1.165, 1.54) is 5.56 Å². The molecule has 0 aliphatic heterocycles. The molecule has 24 heavy (non-hydrogen) atoms. The van der Waals surface area contributed by atoms with Gasteiger partial charge in [-0.15, -0.1) is 0 Å². The zero-order valence-corrected chi connectivity index (χ0v) is 13.9. The summed E-state index contributed by atoms with van der Waals surface area (Å²) in [6.45, 7) is 2.12. The van der Waals surface area contributed by atoms with Gasteiger partial charge in [-0.25, -0.2) is 0 Å². The van der Waals surface area contributed by atoms with E-state index < -0.39 is 5.60 Å². The van der Waals surface area contributed by atoms with Crippen LogP contribution in [-0.4, -0.2) is 23.3 Å². The number of esters is 1. The second kappa shape index (κ2) is 6.65. The number of aryl methyl sites for hydroxylation is 1. The second-order valence-electron chi connectivity index (χ2n) is 6.49. The lowest BCUT2D eigenvalue weighted by Gasteiger charge is -2.33. The van der Waals surface area contributed by atoms with Gasteiger partial charge < -0.3 is 15.6 Å². The van der Waals surface area contributed by atoms with Crippen molar-refractivity contribution in [2.75, 3.05) is 12.3 Å². The summed E-state index contributed by atoms with van der Waals surface area (Å²) in [6, 6.07) is 14.1. The number of carbonyl (C=O) groups is 1. The third-order valence-electron chi connectivity index (χ3n) is 4.61. The van der Waals surface area contributed by atoms with Crippen LogP contribution in [0.5, 0.6) is 0 Å². The summed E-state index contributed by atoms with van der Waals surface area (Å²) in [7, 11) is 0. The van der Waals surface area contributed by atoms with Crippen LogP contribution in [0.3, 0.4) is 0 Å². The number of hydrogen-bond acceptors (Lipinski definition) is 4. The van der Waals surface area contributed by atoms with Gasteiger partial charge in [0.25, 0.3) is 0 Å². The lowest BCUT2D eigenvalue weighted by atomic mass is 9.78. The lowest BCUT2D eigenvalue weighted by molar-refractivity contribution is -0.149. The van der Waals surface area contributed by atoms with E-state index in [1.54, 1.807) is 6.92 Å². The third-order valence-corrected chi connectivity index (χ3v) is 4.61. The number of anilines is 1. The Kier molecular flexibility index (Phi) is 4.58. The van der Waals surface area contributed by atoms with E-state index in [1.807, 2.05) is 24.3 Å². The standard InChI is InChI=1S/C20H23NO3/c1-2-24-19(22)13-20(23)10-9-16-11-15(3-4-17(16)12-20)14-5-7-18(21)8-6-14/h3-8,11,23H,2,9-10,12-13,21H2,1H3. The first kappa shape index (κ1) is 16.5. The first-order valence-electron chi connectivity index (χ1n) is 8.35. The molecule has 0 saturated heterocycles. The van der Waals surface area contributed by atoms with Crippen LogP contribution >= 0.6 is 0 Å². The van der Waals surface area contributed by atoms with Crippen molar-refractivity contribution < 1.29 is 14.6 Å². The minimum absolute atomic E-state index is 0.0555. The Morgan fingerprint density at radius 2 is 1.88 bits per heavy atom. The molecule has 126 valence electrons. The monoisotopic (exact) mass is 325 g/mol. The van der Waals surface area contributed by atoms with Gasteiger partial charge in [0.05, 0.1) is 18.6 Å². The van der Waals surface area contributed by atoms with Crippen LogP contribution in [0.15, 0.2) is 42.5 Å². The fraction of sp³-hybridized carbons (Fsp3) is 0.350. The second-order valence-corrected chi connectivity index (χ2v) is 6.49. The molecule has 0 bridgehead atoms. The van der Waals surface area contributed by atoms with Crippen LogP contribution in [0.4, 0.5) is 5.69 Å². The molecule has 0 spiro atoms. The van der Waals surface area contributed by atoms with Crippen LogP contribution in [-0.2, 0) is 22.4 Å². The van der Waals surface area contributed by atoms with Crippen molar-refractivity contribution in [1.82, 2.24) is 0 Å². The Labute approximate surface area is 142 Å². The molecule has 3 N–H and O–H groups in total. The summed E-state index contributed by atoms with van der Waals surface area (Å²) in [5.41, 5.74) is 10.1. The first-order chi connectivity index (χ1) is 11.5. The van der Waals surface area contributed by atoms with E-state index >= 15 is 0 Å². The van der Waals surface area contributed by atoms with Crippen molar-refractivity contribution in [3.63, 3.8) is 0 Å². The summed E-state index contributed by atoms with van der Waals surface area (Å²) in [5.74, 6) is -0.332. The molecular weight excluding hydrogens is 302 g/mol. The van der Waals surface area contributed by atoms with Gasteiger partial charge >= 0.3 is 5.97 Å². The zero-order chi connectivity index (χ0) is 17.2. The molecule has 4 nitrogen and oxygen atoms in total. The average Bonchev–Trinajstić information content (AvgIpc) is 2.55. The largest absolute Gasteiger partial charge is 0.466 e. The predicted molar refractivity (Wildman–Crippen MR) is 94.5 cm³/mol. The Balaban J connectivity index is 1.79. The Hall–Kier alpha value is -2.33. The number of nitrogens with two attached hydrogens (primary N) is 1. The van der Waals surface area contributed by atoms with E-state index in [2.05, 4.69) is 18.2 Å². The van der Waals surface area contributed by atoms with Crippen molar-refractivity contribution in [2.45, 2.75) is 38.2 Å². The molecule has 0 heterocycles. The fourth-order valence-electron chi connectivity index (χ4n) is 3.33. The summed E-state index contributed by atoms with van der Waals surface area (Å²) in [5, 5.41) is 10.7. The molecule has 4 heteroatoms. The maximum atomic E-state index is 11.7. The molecule has 1 unspecified atom stereocenters. The van der Waals surface area contributed by atoms with Crippen molar-refractivity contribution in [1.29, 1.82) is 0 Å². The molecule has 3 rings (SSSR count). The summed E-state index contributed by atoms with van der Waals surface area (Å²) < 4.78 is 4.98. The molecule has 0 radical (unpaired) electrons. The van der Waals surface area contributed by atoms with Crippen LogP contribution in [0.25, 0.3) is 11.1 Å². The molecule has 2 aromatic rings. The molecule has 0 saturated carbocycles. The molecule has 1 aliphatic rings. The summed E-state index contributed by atoms with van der Waals surface area (Å²) in [6.07, 6.45) is 1.88. The summed E-state index contributed by atoms with van der Waals surface area (Å²) in [4.78, 5) is 11.7. The number of fused-ring (bicyclic) bond motifs is 1. The van der Waals surface area contributed by atoms with Gasteiger partial charge in [-0.3, -0.25) is 4.79 Å². The molecule has 0 amide bonds. The van der Waals surface area contributed by atoms with Crippen molar-refractivity contribution in [2.24, 2.45) is 0 Å². The number of hydrogen-bond donors (Lipinski definition) is 2. The Bertz CT molecular complexity index is 739. The van der Waals surface area contributed by atoms with Crippen molar-refractivity contribution >= 4 is 11.7 Å². The van der Waals surface area contributed by atoms with Gasteiger partial charge in [0.15, 0.2) is 0 Å². The van der Waals surface area contributed by atoms with E-state index in [9.17, 15) is 9.90 Å². The topological polar surface area (TPSA) is 72.5 Å².